The van der Waals surface area contributed by atoms with Crippen LogP contribution in [0.4, 0.5) is 5.69 Å². The Morgan fingerprint density at radius 1 is 1.30 bits per heavy atom. The number of nitrogens with one attached hydrogen (secondary N) is 1. The lowest BCUT2D eigenvalue weighted by atomic mass is 10.2. The summed E-state index contributed by atoms with van der Waals surface area (Å²) in [4.78, 5) is 0.830. The number of ether oxygens (including phenoxy) is 1. The molecule has 0 aliphatic heterocycles. The van der Waals surface area contributed by atoms with Gasteiger partial charge in [0.25, 0.3) is 10.0 Å². The van der Waals surface area contributed by atoms with Gasteiger partial charge in [-0.15, -0.1) is 11.3 Å². The lowest BCUT2D eigenvalue weighted by molar-refractivity contribution is 0.414. The van der Waals surface area contributed by atoms with E-state index in [4.69, 9.17) is 10.5 Å². The van der Waals surface area contributed by atoms with Crippen LogP contribution < -0.4 is 15.2 Å². The van der Waals surface area contributed by atoms with E-state index in [2.05, 4.69) is 4.72 Å². The Morgan fingerprint density at radius 3 is 2.60 bits per heavy atom. The van der Waals surface area contributed by atoms with Crippen LogP contribution >= 0.6 is 11.3 Å². The van der Waals surface area contributed by atoms with Gasteiger partial charge in [0.05, 0.1) is 12.8 Å². The maximum atomic E-state index is 12.3. The van der Waals surface area contributed by atoms with Gasteiger partial charge in [-0.1, -0.05) is 0 Å². The number of anilines is 1. The Morgan fingerprint density at radius 2 is 2.05 bits per heavy atom. The largest absolute Gasteiger partial charge is 0.497 e. The third kappa shape index (κ3) is 3.12. The van der Waals surface area contributed by atoms with Crippen LogP contribution in [-0.2, 0) is 16.6 Å². The summed E-state index contributed by atoms with van der Waals surface area (Å²) < 4.78 is 32.5. The molecule has 108 valence electrons. The summed E-state index contributed by atoms with van der Waals surface area (Å²) in [5, 5.41) is 0. The molecule has 0 radical (unpaired) electrons. The number of methoxy groups -OCH3 is 1. The fourth-order valence-electron chi connectivity index (χ4n) is 1.69. The second-order valence-corrected chi connectivity index (χ2v) is 7.29. The van der Waals surface area contributed by atoms with Gasteiger partial charge in [-0.05, 0) is 42.8 Å². The third-order valence-corrected chi connectivity index (χ3v) is 5.75. The average molecular weight is 312 g/mol. The van der Waals surface area contributed by atoms with Gasteiger partial charge in [-0.3, -0.25) is 4.72 Å². The molecule has 2 aromatic rings. The van der Waals surface area contributed by atoms with E-state index in [9.17, 15) is 8.42 Å². The molecule has 0 bridgehead atoms. The Kier molecular flexibility index (Phi) is 4.32. The van der Waals surface area contributed by atoms with Crippen molar-refractivity contribution in [2.75, 3.05) is 11.8 Å². The maximum Gasteiger partial charge on any atom is 0.271 e. The Hall–Kier alpha value is -1.57. The molecule has 2 rings (SSSR count). The molecule has 0 aliphatic rings. The second-order valence-electron chi connectivity index (χ2n) is 4.21. The molecular formula is C13H16N2O3S2. The molecule has 0 saturated carbocycles. The number of aryl methyl sites for hydroxylation is 1. The Labute approximate surface area is 122 Å². The second kappa shape index (κ2) is 5.82. The SMILES string of the molecule is COc1ccc(NS(=O)(=O)c2ccc(CN)s2)c(C)c1. The van der Waals surface area contributed by atoms with Gasteiger partial charge in [0.2, 0.25) is 0 Å². The quantitative estimate of drug-likeness (QED) is 0.888. The molecule has 0 amide bonds. The zero-order valence-electron chi connectivity index (χ0n) is 11.2. The highest BCUT2D eigenvalue weighted by Gasteiger charge is 2.17. The fraction of sp³-hybridized carbons (Fsp3) is 0.231. The molecular weight excluding hydrogens is 296 g/mol. The van der Waals surface area contributed by atoms with Crippen molar-refractivity contribution < 1.29 is 13.2 Å². The molecule has 20 heavy (non-hydrogen) atoms. The highest BCUT2D eigenvalue weighted by atomic mass is 32.2. The first-order valence-corrected chi connectivity index (χ1v) is 8.22. The van der Waals surface area contributed by atoms with Gasteiger partial charge in [0.15, 0.2) is 0 Å². The van der Waals surface area contributed by atoms with Crippen LogP contribution in [0.15, 0.2) is 34.5 Å². The van der Waals surface area contributed by atoms with Crippen molar-refractivity contribution in [1.82, 2.24) is 0 Å². The van der Waals surface area contributed by atoms with Crippen molar-refractivity contribution >= 4 is 27.0 Å². The van der Waals surface area contributed by atoms with Crippen LogP contribution in [0.5, 0.6) is 5.75 Å². The summed E-state index contributed by atoms with van der Waals surface area (Å²) in [6, 6.07) is 8.46. The lowest BCUT2D eigenvalue weighted by Crippen LogP contribution is -2.12. The van der Waals surface area contributed by atoms with E-state index in [0.717, 1.165) is 10.4 Å². The van der Waals surface area contributed by atoms with E-state index < -0.39 is 10.0 Å². The molecule has 7 heteroatoms. The van der Waals surface area contributed by atoms with Crippen molar-refractivity contribution in [3.8, 4) is 5.75 Å². The standard InChI is InChI=1S/C13H16N2O3S2/c1-9-7-10(18-2)3-5-12(9)15-20(16,17)13-6-4-11(8-14)19-13/h3-7,15H,8,14H2,1-2H3. The highest BCUT2D eigenvalue weighted by molar-refractivity contribution is 7.94. The topological polar surface area (TPSA) is 81.4 Å². The zero-order chi connectivity index (χ0) is 14.8. The summed E-state index contributed by atoms with van der Waals surface area (Å²) >= 11 is 1.17. The monoisotopic (exact) mass is 312 g/mol. The first-order chi connectivity index (χ1) is 9.46. The van der Waals surface area contributed by atoms with Crippen LogP contribution in [0.25, 0.3) is 0 Å². The minimum absolute atomic E-state index is 0.258. The third-order valence-electron chi connectivity index (χ3n) is 2.78. The van der Waals surface area contributed by atoms with E-state index in [-0.39, 0.29) is 4.21 Å². The number of thiophene rings is 1. The number of benzene rings is 1. The van der Waals surface area contributed by atoms with Crippen LogP contribution in [0, 0.1) is 6.92 Å². The minimum Gasteiger partial charge on any atom is -0.497 e. The van der Waals surface area contributed by atoms with Crippen molar-refractivity contribution in [3.05, 3.63) is 40.8 Å². The molecule has 0 aliphatic carbocycles. The summed E-state index contributed by atoms with van der Waals surface area (Å²) in [6.45, 7) is 2.15. The molecule has 0 spiro atoms. The number of rotatable bonds is 5. The van der Waals surface area contributed by atoms with Crippen LogP contribution in [-0.4, -0.2) is 15.5 Å². The van der Waals surface area contributed by atoms with Crippen molar-refractivity contribution in [3.63, 3.8) is 0 Å². The van der Waals surface area contributed by atoms with Gasteiger partial charge in [0.1, 0.15) is 9.96 Å². The molecule has 1 heterocycles. The van der Waals surface area contributed by atoms with Crippen LogP contribution in [0.1, 0.15) is 10.4 Å². The van der Waals surface area contributed by atoms with Crippen molar-refractivity contribution in [2.24, 2.45) is 5.73 Å². The summed E-state index contributed by atoms with van der Waals surface area (Å²) in [5.74, 6) is 0.687. The van der Waals surface area contributed by atoms with E-state index in [1.54, 1.807) is 37.4 Å². The normalized spacial score (nSPS) is 11.3. The predicted octanol–water partition coefficient (Wildman–Crippen LogP) is 2.32. The molecule has 0 unspecified atom stereocenters. The fourth-order valence-corrected chi connectivity index (χ4v) is 4.05. The maximum absolute atomic E-state index is 12.3. The first kappa shape index (κ1) is 14.8. The minimum atomic E-state index is -3.57. The lowest BCUT2D eigenvalue weighted by Gasteiger charge is -2.10. The van der Waals surface area contributed by atoms with Crippen molar-refractivity contribution in [1.29, 1.82) is 0 Å². The van der Waals surface area contributed by atoms with Gasteiger partial charge in [-0.2, -0.15) is 0 Å². The zero-order valence-corrected chi connectivity index (χ0v) is 12.8. The van der Waals surface area contributed by atoms with Crippen LogP contribution in [0.3, 0.4) is 0 Å². The van der Waals surface area contributed by atoms with Gasteiger partial charge in [-0.25, -0.2) is 8.42 Å². The highest BCUT2D eigenvalue weighted by Crippen LogP contribution is 2.27. The summed E-state index contributed by atoms with van der Waals surface area (Å²) in [7, 11) is -2.00. The van der Waals surface area contributed by atoms with E-state index in [0.29, 0.717) is 18.0 Å². The number of hydrogen-bond donors (Lipinski definition) is 2. The van der Waals surface area contributed by atoms with E-state index >= 15 is 0 Å². The van der Waals surface area contributed by atoms with E-state index in [1.807, 2.05) is 6.92 Å². The number of sulfonamides is 1. The smallest absolute Gasteiger partial charge is 0.271 e. The first-order valence-electron chi connectivity index (χ1n) is 5.92. The van der Waals surface area contributed by atoms with Crippen LogP contribution in [0.2, 0.25) is 0 Å². The molecule has 0 fully saturated rings. The Bertz CT molecular complexity index is 708. The van der Waals surface area contributed by atoms with Crippen molar-refractivity contribution in [2.45, 2.75) is 17.7 Å². The molecule has 1 aromatic carbocycles. The number of nitrogens with two attached hydrogens (primary N) is 1. The Balaban J connectivity index is 2.28. The van der Waals surface area contributed by atoms with Gasteiger partial charge < -0.3 is 10.5 Å². The summed E-state index contributed by atoms with van der Waals surface area (Å²) in [5.41, 5.74) is 6.83. The summed E-state index contributed by atoms with van der Waals surface area (Å²) in [6.07, 6.45) is 0. The predicted molar refractivity (Wildman–Crippen MR) is 80.7 cm³/mol. The molecule has 0 atom stereocenters. The molecule has 3 N–H and O–H groups in total. The molecule has 1 aromatic heterocycles. The average Bonchev–Trinajstić information content (AvgIpc) is 2.90. The van der Waals surface area contributed by atoms with E-state index in [1.165, 1.54) is 11.3 Å². The molecule has 5 nitrogen and oxygen atoms in total. The van der Waals surface area contributed by atoms with Gasteiger partial charge >= 0.3 is 0 Å². The van der Waals surface area contributed by atoms with Gasteiger partial charge in [0, 0.05) is 11.4 Å². The number of hydrogen-bond acceptors (Lipinski definition) is 5. The molecule has 0 saturated heterocycles.